The van der Waals surface area contributed by atoms with Crippen molar-refractivity contribution in [3.8, 4) is 17.1 Å². The normalized spacial score (nSPS) is 12.9. The lowest BCUT2D eigenvalue weighted by Crippen LogP contribution is -2.40. The van der Waals surface area contributed by atoms with Crippen molar-refractivity contribution in [2.24, 2.45) is 0 Å². The number of halogens is 2. The molecule has 0 radical (unpaired) electrons. The van der Waals surface area contributed by atoms with Gasteiger partial charge in [0.1, 0.15) is 23.0 Å². The van der Waals surface area contributed by atoms with Crippen LogP contribution in [0.4, 0.5) is 37.6 Å². The third-order valence-electron chi connectivity index (χ3n) is 6.94. The molecule has 226 valence electrons. The Labute approximate surface area is 248 Å². The standard InChI is InChI=1S/C30H34F2N8O3/c1-16(2)34-29(42)25-20(9-8-19(31)26(25)32)35-28-18-10-11-33-27(18)37-30(38-28)36-21-14-22-17(13-23(21)43-5)7-6-12-40(22)24(41)15-39(3)4/h8-11,13-14,16H,6-7,12,15H2,1-5H3,(H,34,42)(H3,33,35,36,37,38). The number of H-pyrrole nitrogens is 1. The van der Waals surface area contributed by atoms with Gasteiger partial charge < -0.3 is 35.5 Å². The molecule has 0 atom stereocenters. The molecular formula is C30H34F2N8O3. The van der Waals surface area contributed by atoms with E-state index in [1.807, 2.05) is 31.1 Å². The number of hydrogen-bond donors (Lipinski definition) is 4. The van der Waals surface area contributed by atoms with Gasteiger partial charge in [0.05, 0.1) is 30.6 Å². The molecule has 0 saturated carbocycles. The number of likely N-dealkylation sites (N-methyl/N-ethyl adjacent to an activating group) is 1. The van der Waals surface area contributed by atoms with Gasteiger partial charge in [0.25, 0.3) is 5.91 Å². The highest BCUT2D eigenvalue weighted by atomic mass is 19.2. The zero-order valence-corrected chi connectivity index (χ0v) is 24.6. The second-order valence-electron chi connectivity index (χ2n) is 10.9. The maximum absolute atomic E-state index is 14.9. The minimum atomic E-state index is -1.27. The number of aromatic nitrogens is 3. The molecule has 13 heteroatoms. The summed E-state index contributed by atoms with van der Waals surface area (Å²) >= 11 is 0. The summed E-state index contributed by atoms with van der Waals surface area (Å²) < 4.78 is 34.7. The number of ether oxygens (including phenoxy) is 1. The molecule has 0 fully saturated rings. The van der Waals surface area contributed by atoms with Gasteiger partial charge in [0.2, 0.25) is 11.9 Å². The zero-order valence-electron chi connectivity index (χ0n) is 24.6. The first-order valence-electron chi connectivity index (χ1n) is 13.9. The van der Waals surface area contributed by atoms with E-state index in [2.05, 4.69) is 30.9 Å². The Bertz CT molecular complexity index is 1640. The van der Waals surface area contributed by atoms with E-state index in [1.165, 1.54) is 6.07 Å². The minimum absolute atomic E-state index is 0.00974. The molecule has 0 aliphatic carbocycles. The average molecular weight is 593 g/mol. The van der Waals surface area contributed by atoms with Gasteiger partial charge >= 0.3 is 0 Å². The lowest BCUT2D eigenvalue weighted by molar-refractivity contribution is -0.119. The van der Waals surface area contributed by atoms with Gasteiger partial charge in [-0.2, -0.15) is 4.98 Å². The maximum atomic E-state index is 14.9. The van der Waals surface area contributed by atoms with Gasteiger partial charge in [0.15, 0.2) is 11.6 Å². The summed E-state index contributed by atoms with van der Waals surface area (Å²) in [5.74, 6) is -1.68. The largest absolute Gasteiger partial charge is 0.495 e. The molecule has 3 aliphatic heterocycles. The van der Waals surface area contributed by atoms with E-state index < -0.39 is 23.1 Å². The van der Waals surface area contributed by atoms with Crippen molar-refractivity contribution in [2.45, 2.75) is 32.7 Å². The zero-order chi connectivity index (χ0) is 30.8. The molecule has 0 spiro atoms. The number of hydrogen-bond acceptors (Lipinski definition) is 8. The topological polar surface area (TPSA) is 128 Å². The van der Waals surface area contributed by atoms with Crippen molar-refractivity contribution in [1.82, 2.24) is 25.2 Å². The molecular weight excluding hydrogens is 558 g/mol. The highest BCUT2D eigenvalue weighted by molar-refractivity contribution is 6.01. The molecule has 5 rings (SSSR count). The molecule has 3 aliphatic rings. The van der Waals surface area contributed by atoms with Crippen molar-refractivity contribution in [2.75, 3.05) is 49.8 Å². The lowest BCUT2D eigenvalue weighted by Gasteiger charge is -2.31. The smallest absolute Gasteiger partial charge is 0.256 e. The van der Waals surface area contributed by atoms with Gasteiger partial charge in [-0.05, 0) is 76.7 Å². The number of carbonyl (C=O) groups is 2. The summed E-state index contributed by atoms with van der Waals surface area (Å²) in [6, 6.07) is 7.40. The number of nitrogens with one attached hydrogen (secondary N) is 4. The van der Waals surface area contributed by atoms with Crippen LogP contribution >= 0.6 is 0 Å². The molecule has 4 N–H and O–H groups in total. The average Bonchev–Trinajstić information content (AvgIpc) is 3.42. The fourth-order valence-electron chi connectivity index (χ4n) is 5.05. The number of aryl methyl sites for hydroxylation is 1. The molecule has 2 amide bonds. The number of aromatic amines is 1. The monoisotopic (exact) mass is 592 g/mol. The molecule has 2 aromatic carbocycles. The van der Waals surface area contributed by atoms with E-state index in [9.17, 15) is 18.4 Å². The predicted molar refractivity (Wildman–Crippen MR) is 161 cm³/mol. The highest BCUT2D eigenvalue weighted by Gasteiger charge is 2.26. The summed E-state index contributed by atoms with van der Waals surface area (Å²) in [5, 5.41) is 8.84. The summed E-state index contributed by atoms with van der Waals surface area (Å²) in [5.41, 5.74) is 2.46. The van der Waals surface area contributed by atoms with E-state index in [-0.39, 0.29) is 35.9 Å². The molecule has 0 aromatic heterocycles. The SMILES string of the molecule is COc1cc2c(cc1Nc1nc(Nc3ccc(F)c(F)c3C(=O)NC(C)C)c3ccnc-3[nH]1)N(C(=O)CN(C)C)CCC2. The van der Waals surface area contributed by atoms with Crippen molar-refractivity contribution in [1.29, 1.82) is 0 Å². The fourth-order valence-corrected chi connectivity index (χ4v) is 5.05. The summed E-state index contributed by atoms with van der Waals surface area (Å²) in [7, 11) is 5.26. The van der Waals surface area contributed by atoms with Crippen molar-refractivity contribution < 1.29 is 23.1 Å². The van der Waals surface area contributed by atoms with Crippen molar-refractivity contribution in [3.05, 3.63) is 59.3 Å². The van der Waals surface area contributed by atoms with Crippen LogP contribution in [-0.2, 0) is 11.2 Å². The third-order valence-corrected chi connectivity index (χ3v) is 6.94. The Kier molecular flexibility index (Phi) is 8.44. The van der Waals surface area contributed by atoms with Crippen LogP contribution in [0.1, 0.15) is 36.2 Å². The molecule has 0 bridgehead atoms. The Morgan fingerprint density at radius 2 is 1.93 bits per heavy atom. The number of anilines is 5. The lowest BCUT2D eigenvalue weighted by atomic mass is 10.00. The van der Waals surface area contributed by atoms with Gasteiger partial charge in [-0.3, -0.25) is 9.59 Å². The predicted octanol–water partition coefficient (Wildman–Crippen LogP) is 4.66. The quantitative estimate of drug-likeness (QED) is 0.221. The van der Waals surface area contributed by atoms with Crippen LogP contribution in [0.15, 0.2) is 36.5 Å². The maximum Gasteiger partial charge on any atom is 0.256 e. The van der Waals surface area contributed by atoms with Crippen LogP contribution in [0.5, 0.6) is 5.75 Å². The van der Waals surface area contributed by atoms with Crippen LogP contribution in [0, 0.1) is 11.6 Å². The van der Waals surface area contributed by atoms with Gasteiger partial charge in [-0.15, -0.1) is 0 Å². The van der Waals surface area contributed by atoms with E-state index in [1.54, 1.807) is 38.1 Å². The van der Waals surface area contributed by atoms with E-state index in [0.717, 1.165) is 30.2 Å². The molecule has 0 unspecified atom stereocenters. The third kappa shape index (κ3) is 6.21. The van der Waals surface area contributed by atoms with E-state index in [4.69, 9.17) is 4.74 Å². The van der Waals surface area contributed by atoms with Crippen LogP contribution < -0.4 is 25.6 Å². The van der Waals surface area contributed by atoms with Gasteiger partial charge in [-0.1, -0.05) is 0 Å². The molecule has 3 heterocycles. The number of carbonyl (C=O) groups excluding carboxylic acids is 2. The van der Waals surface area contributed by atoms with Gasteiger partial charge in [-0.25, -0.2) is 13.8 Å². The number of methoxy groups -OCH3 is 1. The first-order chi connectivity index (χ1) is 20.5. The second kappa shape index (κ2) is 12.2. The van der Waals surface area contributed by atoms with Crippen LogP contribution in [0.2, 0.25) is 0 Å². The summed E-state index contributed by atoms with van der Waals surface area (Å²) in [4.78, 5) is 41.6. The molecule has 11 nitrogen and oxygen atoms in total. The van der Waals surface area contributed by atoms with Crippen molar-refractivity contribution >= 4 is 40.6 Å². The number of fused-ring (bicyclic) bond motifs is 2. The summed E-state index contributed by atoms with van der Waals surface area (Å²) in [6.45, 7) is 4.33. The number of benzene rings is 2. The Hall–Kier alpha value is -4.78. The highest BCUT2D eigenvalue weighted by Crippen LogP contribution is 2.39. The Morgan fingerprint density at radius 3 is 2.65 bits per heavy atom. The first-order valence-corrected chi connectivity index (χ1v) is 13.9. The first kappa shape index (κ1) is 29.7. The number of rotatable bonds is 9. The number of amides is 2. The summed E-state index contributed by atoms with van der Waals surface area (Å²) in [6.07, 6.45) is 3.22. The van der Waals surface area contributed by atoms with Crippen LogP contribution in [0.3, 0.4) is 0 Å². The van der Waals surface area contributed by atoms with Crippen molar-refractivity contribution in [3.63, 3.8) is 0 Å². The van der Waals surface area contributed by atoms with Crippen LogP contribution in [0.25, 0.3) is 11.4 Å². The molecule has 0 saturated heterocycles. The molecule has 2 aromatic rings. The Morgan fingerprint density at radius 1 is 1.14 bits per heavy atom. The second-order valence-corrected chi connectivity index (χ2v) is 10.9. The van der Waals surface area contributed by atoms with Gasteiger partial charge in [0, 0.05) is 24.5 Å². The van der Waals surface area contributed by atoms with E-state index >= 15 is 0 Å². The van der Waals surface area contributed by atoms with E-state index in [0.29, 0.717) is 29.4 Å². The Balaban J connectivity index is 1.53. The number of nitrogens with zero attached hydrogens (tertiary/aromatic N) is 4. The minimum Gasteiger partial charge on any atom is -0.495 e. The molecule has 43 heavy (non-hydrogen) atoms. The van der Waals surface area contributed by atoms with Crippen LogP contribution in [-0.4, -0.2) is 72.0 Å². The fraction of sp³-hybridized carbons (Fsp3) is 0.333.